The SMILES string of the molecule is CC(C)(O)C(=O)c1ccc(OCCO)cc1.CSc1ccc(C(=O)C(C)(C)N2CCOCC2)cc1. The average Bonchev–Trinajstić information content (AvgIpc) is 2.87. The predicted molar refractivity (Wildman–Crippen MR) is 139 cm³/mol. The molecule has 1 saturated heterocycles. The molecule has 3 rings (SSSR count). The van der Waals surface area contributed by atoms with E-state index in [1.165, 1.54) is 18.7 Å². The van der Waals surface area contributed by atoms with E-state index in [1.54, 1.807) is 36.0 Å². The molecule has 0 spiro atoms. The third-order valence-corrected chi connectivity index (χ3v) is 6.49. The summed E-state index contributed by atoms with van der Waals surface area (Å²) in [6, 6.07) is 14.3. The molecule has 2 N–H and O–H groups in total. The minimum Gasteiger partial charge on any atom is -0.491 e. The van der Waals surface area contributed by atoms with Gasteiger partial charge in [-0.1, -0.05) is 12.1 Å². The van der Waals surface area contributed by atoms with Crippen LogP contribution in [0.25, 0.3) is 0 Å². The van der Waals surface area contributed by atoms with Crippen molar-refractivity contribution >= 4 is 23.3 Å². The molecule has 1 aliphatic heterocycles. The van der Waals surface area contributed by atoms with Crippen molar-refractivity contribution in [1.29, 1.82) is 0 Å². The lowest BCUT2D eigenvalue weighted by atomic mass is 9.91. The zero-order valence-corrected chi connectivity index (χ0v) is 22.1. The smallest absolute Gasteiger partial charge is 0.193 e. The molecule has 7 nitrogen and oxygen atoms in total. The van der Waals surface area contributed by atoms with Gasteiger partial charge in [-0.3, -0.25) is 14.5 Å². The fraction of sp³-hybridized carbons (Fsp3) is 0.481. The number of thioether (sulfide) groups is 1. The Balaban J connectivity index is 0.000000251. The lowest BCUT2D eigenvalue weighted by molar-refractivity contribution is -0.00430. The van der Waals surface area contributed by atoms with Crippen molar-refractivity contribution in [1.82, 2.24) is 4.90 Å². The number of aliphatic hydroxyl groups is 2. The molecule has 0 aliphatic carbocycles. The highest BCUT2D eigenvalue weighted by Gasteiger charge is 2.35. The zero-order valence-electron chi connectivity index (χ0n) is 21.2. The first-order valence-corrected chi connectivity index (χ1v) is 12.9. The molecule has 0 bridgehead atoms. The maximum atomic E-state index is 12.7. The molecule has 0 amide bonds. The molecule has 0 unspecified atom stereocenters. The van der Waals surface area contributed by atoms with Crippen molar-refractivity contribution < 1.29 is 29.3 Å². The van der Waals surface area contributed by atoms with Gasteiger partial charge >= 0.3 is 0 Å². The predicted octanol–water partition coefficient (Wildman–Crippen LogP) is 3.71. The summed E-state index contributed by atoms with van der Waals surface area (Å²) in [5, 5.41) is 18.1. The van der Waals surface area contributed by atoms with Crippen LogP contribution in [-0.4, -0.2) is 83.6 Å². The number of carbonyl (C=O) groups excluding carboxylic acids is 2. The normalized spacial score (nSPS) is 14.6. The topological polar surface area (TPSA) is 96.3 Å². The Morgan fingerprint density at radius 3 is 1.94 bits per heavy atom. The van der Waals surface area contributed by atoms with E-state index >= 15 is 0 Å². The van der Waals surface area contributed by atoms with E-state index < -0.39 is 11.1 Å². The van der Waals surface area contributed by atoms with Crippen LogP contribution in [0.5, 0.6) is 5.75 Å². The molecular weight excluding hydrogens is 466 g/mol. The summed E-state index contributed by atoms with van der Waals surface area (Å²) in [5.74, 6) is 0.435. The lowest BCUT2D eigenvalue weighted by Gasteiger charge is -2.39. The van der Waals surface area contributed by atoms with Gasteiger partial charge in [-0.05, 0) is 70.3 Å². The van der Waals surface area contributed by atoms with Gasteiger partial charge in [0.05, 0.1) is 25.4 Å². The van der Waals surface area contributed by atoms with E-state index in [0.29, 0.717) is 24.5 Å². The molecule has 0 atom stereocenters. The largest absolute Gasteiger partial charge is 0.491 e. The molecule has 8 heteroatoms. The molecular formula is C27H37NO6S. The fourth-order valence-electron chi connectivity index (χ4n) is 3.58. The average molecular weight is 504 g/mol. The summed E-state index contributed by atoms with van der Waals surface area (Å²) < 4.78 is 10.5. The number of ketones is 2. The van der Waals surface area contributed by atoms with Gasteiger partial charge < -0.3 is 19.7 Å². The van der Waals surface area contributed by atoms with Crippen LogP contribution < -0.4 is 4.74 Å². The molecule has 192 valence electrons. The molecule has 35 heavy (non-hydrogen) atoms. The van der Waals surface area contributed by atoms with Gasteiger partial charge in [0.15, 0.2) is 11.6 Å². The molecule has 1 aliphatic rings. The maximum absolute atomic E-state index is 12.7. The van der Waals surface area contributed by atoms with Crippen molar-refractivity contribution in [2.45, 2.75) is 43.7 Å². The number of aliphatic hydroxyl groups excluding tert-OH is 1. The number of carbonyl (C=O) groups is 2. The minimum absolute atomic E-state index is 0.0512. The number of hydrogen-bond donors (Lipinski definition) is 2. The summed E-state index contributed by atoms with van der Waals surface area (Å²) in [7, 11) is 0. The highest BCUT2D eigenvalue weighted by atomic mass is 32.2. The van der Waals surface area contributed by atoms with Gasteiger partial charge in [0.2, 0.25) is 0 Å². The second kappa shape index (κ2) is 13.2. The van der Waals surface area contributed by atoms with E-state index in [2.05, 4.69) is 4.90 Å². The number of nitrogens with zero attached hydrogens (tertiary/aromatic N) is 1. The van der Waals surface area contributed by atoms with Crippen molar-refractivity contribution in [3.05, 3.63) is 59.7 Å². The fourth-order valence-corrected chi connectivity index (χ4v) is 3.99. The minimum atomic E-state index is -1.37. The Bertz CT molecular complexity index is 945. The maximum Gasteiger partial charge on any atom is 0.193 e. The van der Waals surface area contributed by atoms with Gasteiger partial charge in [0, 0.05) is 29.1 Å². The number of Topliss-reactive ketones (excluding diaryl/α,β-unsaturated/α-hetero) is 2. The summed E-state index contributed by atoms with van der Waals surface area (Å²) >= 11 is 1.69. The Kier molecular flexibility index (Phi) is 10.9. The summed E-state index contributed by atoms with van der Waals surface area (Å²) in [5.41, 5.74) is -0.615. The van der Waals surface area contributed by atoms with Gasteiger partial charge in [-0.25, -0.2) is 0 Å². The Labute approximate surface area is 212 Å². The van der Waals surface area contributed by atoms with Crippen molar-refractivity contribution in [2.24, 2.45) is 0 Å². The van der Waals surface area contributed by atoms with Gasteiger partial charge in [-0.2, -0.15) is 0 Å². The summed E-state index contributed by atoms with van der Waals surface area (Å²) in [6.45, 7) is 10.1. The second-order valence-electron chi connectivity index (χ2n) is 9.20. The second-order valence-corrected chi connectivity index (χ2v) is 10.1. The van der Waals surface area contributed by atoms with Gasteiger partial charge in [0.25, 0.3) is 0 Å². The summed E-state index contributed by atoms with van der Waals surface area (Å²) in [6.07, 6.45) is 2.04. The molecule has 0 radical (unpaired) electrons. The van der Waals surface area contributed by atoms with E-state index in [-0.39, 0.29) is 24.8 Å². The molecule has 0 saturated carbocycles. The molecule has 2 aromatic carbocycles. The van der Waals surface area contributed by atoms with Crippen LogP contribution in [0.2, 0.25) is 0 Å². The lowest BCUT2D eigenvalue weighted by Crippen LogP contribution is -2.54. The molecule has 2 aromatic rings. The Morgan fingerprint density at radius 2 is 1.46 bits per heavy atom. The number of morpholine rings is 1. The summed E-state index contributed by atoms with van der Waals surface area (Å²) in [4.78, 5) is 27.7. The van der Waals surface area contributed by atoms with Gasteiger partial charge in [0.1, 0.15) is 18.0 Å². The zero-order chi connectivity index (χ0) is 26.1. The standard InChI is InChI=1S/C15H21NO2S.C12H16O4/c1-15(2,16-8-10-18-11-9-16)14(17)12-4-6-13(19-3)7-5-12;1-12(2,15)11(14)9-3-5-10(6-4-9)16-8-7-13/h4-7H,8-11H2,1-3H3;3-6,13,15H,7-8H2,1-2H3. The van der Waals surface area contributed by atoms with E-state index in [4.69, 9.17) is 14.6 Å². The van der Waals surface area contributed by atoms with E-state index in [9.17, 15) is 14.7 Å². The first-order chi connectivity index (χ1) is 16.5. The number of benzene rings is 2. The van der Waals surface area contributed by atoms with Crippen LogP contribution in [0.15, 0.2) is 53.4 Å². The van der Waals surface area contributed by atoms with Crippen molar-refractivity contribution in [3.63, 3.8) is 0 Å². The Morgan fingerprint density at radius 1 is 0.943 bits per heavy atom. The van der Waals surface area contributed by atoms with Crippen LogP contribution >= 0.6 is 11.8 Å². The van der Waals surface area contributed by atoms with Crippen LogP contribution in [0.1, 0.15) is 48.4 Å². The van der Waals surface area contributed by atoms with E-state index in [0.717, 1.165) is 18.7 Å². The van der Waals surface area contributed by atoms with Gasteiger partial charge in [-0.15, -0.1) is 11.8 Å². The van der Waals surface area contributed by atoms with Crippen LogP contribution in [-0.2, 0) is 4.74 Å². The monoisotopic (exact) mass is 503 g/mol. The quantitative estimate of drug-likeness (QED) is 0.395. The third-order valence-electron chi connectivity index (χ3n) is 5.74. The van der Waals surface area contributed by atoms with Crippen molar-refractivity contribution in [3.8, 4) is 5.75 Å². The highest BCUT2D eigenvalue weighted by molar-refractivity contribution is 7.98. The first-order valence-electron chi connectivity index (χ1n) is 11.6. The Hall–Kier alpha value is -2.23. The number of ether oxygens (including phenoxy) is 2. The van der Waals surface area contributed by atoms with Crippen molar-refractivity contribution in [2.75, 3.05) is 45.8 Å². The third kappa shape index (κ3) is 8.44. The molecule has 1 fully saturated rings. The molecule has 1 heterocycles. The number of rotatable bonds is 9. The van der Waals surface area contributed by atoms with Crippen LogP contribution in [0.3, 0.4) is 0 Å². The first kappa shape index (κ1) is 29.0. The van der Waals surface area contributed by atoms with E-state index in [1.807, 2.05) is 44.4 Å². The highest BCUT2D eigenvalue weighted by Crippen LogP contribution is 2.23. The van der Waals surface area contributed by atoms with Crippen LogP contribution in [0, 0.1) is 0 Å². The number of hydrogen-bond acceptors (Lipinski definition) is 8. The molecule has 0 aromatic heterocycles. The van der Waals surface area contributed by atoms with Crippen LogP contribution in [0.4, 0.5) is 0 Å².